The quantitative estimate of drug-likeness (QED) is 0.432. The van der Waals surface area contributed by atoms with Crippen LogP contribution < -0.4 is 15.5 Å². The Bertz CT molecular complexity index is 1530. The smallest absolute Gasteiger partial charge is 0.410 e. The number of phenols is 1. The number of halogens is 1. The number of nitrogens with two attached hydrogens (primary N) is 1. The molecule has 0 atom stereocenters. The molecule has 5 rings (SSSR count). The molecular weight excluding hydrogens is 551 g/mol. The molecule has 2 aliphatic rings. The summed E-state index contributed by atoms with van der Waals surface area (Å²) in [5.41, 5.74) is 5.79. The predicted molar refractivity (Wildman–Crippen MR) is 162 cm³/mol. The largest absolute Gasteiger partial charge is 0.507 e. The van der Waals surface area contributed by atoms with Crippen molar-refractivity contribution in [2.75, 3.05) is 54.8 Å². The van der Waals surface area contributed by atoms with Gasteiger partial charge in [-0.2, -0.15) is 0 Å². The minimum atomic E-state index is -1.73. The summed E-state index contributed by atoms with van der Waals surface area (Å²) in [5.74, 6) is 6.97. The molecule has 2 fully saturated rings. The van der Waals surface area contributed by atoms with E-state index in [0.29, 0.717) is 36.0 Å². The van der Waals surface area contributed by atoms with E-state index in [-0.39, 0.29) is 37.5 Å². The maximum atomic E-state index is 15.5. The number of anilines is 3. The third kappa shape index (κ3) is 7.41. The highest BCUT2D eigenvalue weighted by Gasteiger charge is 2.36. The number of para-hydroxylation sites is 1. The Morgan fingerprint density at radius 2 is 1.77 bits per heavy atom. The lowest BCUT2D eigenvalue weighted by Crippen LogP contribution is -2.45. The molecule has 0 saturated carbocycles. The highest BCUT2D eigenvalue weighted by molar-refractivity contribution is 5.74. The summed E-state index contributed by atoms with van der Waals surface area (Å²) in [6, 6.07) is 10.7. The first-order chi connectivity index (χ1) is 20.5. The fourth-order valence-electron chi connectivity index (χ4n) is 5.10. The second kappa shape index (κ2) is 12.3. The number of rotatable bonds is 3. The first-order valence-corrected chi connectivity index (χ1v) is 14.4. The van der Waals surface area contributed by atoms with E-state index in [0.717, 1.165) is 25.2 Å². The van der Waals surface area contributed by atoms with Gasteiger partial charge < -0.3 is 30.3 Å². The Morgan fingerprint density at radius 1 is 1.05 bits per heavy atom. The molecule has 226 valence electrons. The number of aromatic hydroxyl groups is 1. The number of piperidine rings is 1. The van der Waals surface area contributed by atoms with Crippen LogP contribution in [0.4, 0.5) is 26.5 Å². The number of nitrogens with zero attached hydrogens (tertiary/aromatic N) is 7. The number of likely N-dealkylation sites (tertiary alicyclic amines) is 1. The monoisotopic (exact) mass is 588 g/mol. The second-order valence-electron chi connectivity index (χ2n) is 11.8. The number of hydrogen-bond acceptors (Lipinski definition) is 10. The van der Waals surface area contributed by atoms with Crippen LogP contribution in [0.15, 0.2) is 42.6 Å². The molecule has 2 aromatic heterocycles. The normalized spacial score (nSPS) is 17.1. The zero-order chi connectivity index (χ0) is 30.6. The average Bonchev–Trinajstić information content (AvgIpc) is 3.23. The number of carbonyl (C=O) groups is 1. The van der Waals surface area contributed by atoms with E-state index in [1.165, 1.54) is 4.90 Å². The number of carbonyl (C=O) groups excluding carboxylic acids is 1. The molecule has 43 heavy (non-hydrogen) atoms. The Balaban J connectivity index is 1.23. The van der Waals surface area contributed by atoms with Gasteiger partial charge in [-0.05, 0) is 57.4 Å². The lowest BCUT2D eigenvalue weighted by molar-refractivity contribution is 0.0117. The minimum Gasteiger partial charge on any atom is -0.507 e. The molecule has 11 nitrogen and oxygen atoms in total. The van der Waals surface area contributed by atoms with Crippen molar-refractivity contribution in [3.63, 3.8) is 0 Å². The van der Waals surface area contributed by atoms with Crippen LogP contribution in [0.25, 0.3) is 11.3 Å². The summed E-state index contributed by atoms with van der Waals surface area (Å²) >= 11 is 0. The number of aromatic nitrogens is 4. The molecule has 3 N–H and O–H groups in total. The summed E-state index contributed by atoms with van der Waals surface area (Å²) in [6.45, 7) is 8.69. The van der Waals surface area contributed by atoms with Crippen LogP contribution in [0.5, 0.6) is 5.75 Å². The van der Waals surface area contributed by atoms with Crippen molar-refractivity contribution in [2.45, 2.75) is 51.3 Å². The zero-order valence-corrected chi connectivity index (χ0v) is 24.8. The van der Waals surface area contributed by atoms with E-state index in [1.54, 1.807) is 45.2 Å². The van der Waals surface area contributed by atoms with Crippen molar-refractivity contribution in [1.29, 1.82) is 0 Å². The number of ether oxygens (including phenoxy) is 1. The third-order valence-electron chi connectivity index (χ3n) is 7.39. The van der Waals surface area contributed by atoms with Crippen molar-refractivity contribution in [1.82, 2.24) is 25.1 Å². The second-order valence-corrected chi connectivity index (χ2v) is 11.8. The molecule has 0 radical (unpaired) electrons. The van der Waals surface area contributed by atoms with Gasteiger partial charge in [-0.15, -0.1) is 10.2 Å². The van der Waals surface area contributed by atoms with Crippen LogP contribution in [-0.2, 0) is 4.74 Å². The van der Waals surface area contributed by atoms with Crippen LogP contribution in [0, 0.1) is 11.8 Å². The van der Waals surface area contributed by atoms with Gasteiger partial charge in [0.25, 0.3) is 0 Å². The summed E-state index contributed by atoms with van der Waals surface area (Å²) in [4.78, 5) is 27.0. The number of phenolic OH excluding ortho intramolecular Hbond substituents is 1. The van der Waals surface area contributed by atoms with E-state index in [2.05, 4.69) is 41.8 Å². The molecule has 0 bridgehead atoms. The molecule has 2 saturated heterocycles. The lowest BCUT2D eigenvalue weighted by atomic mass is 9.94. The predicted octanol–water partition coefficient (Wildman–Crippen LogP) is 4.03. The SMILES string of the molecule is CC(C)(C)OC(=O)N1CCC(F)(C#Cc2nccc(N3CCCN(c4cc(-c5ccccc5O)nnc4N)CC3)n2)CC1. The molecule has 1 aromatic carbocycles. The average molecular weight is 589 g/mol. The van der Waals surface area contributed by atoms with E-state index < -0.39 is 17.4 Å². The molecule has 12 heteroatoms. The molecular formula is C31H37FN8O3. The number of alkyl halides is 1. The van der Waals surface area contributed by atoms with Crippen molar-refractivity contribution >= 4 is 23.4 Å². The summed E-state index contributed by atoms with van der Waals surface area (Å²) in [6.07, 6.45) is 2.22. The molecule has 0 unspecified atom stereocenters. The molecule has 4 heterocycles. The van der Waals surface area contributed by atoms with Gasteiger partial charge >= 0.3 is 6.09 Å². The number of benzene rings is 1. The topological polar surface area (TPSA) is 134 Å². The molecule has 3 aromatic rings. The van der Waals surface area contributed by atoms with Gasteiger partial charge in [0.1, 0.15) is 17.2 Å². The number of hydrogen-bond donors (Lipinski definition) is 2. The highest BCUT2D eigenvalue weighted by atomic mass is 19.1. The molecule has 0 spiro atoms. The fourth-order valence-corrected chi connectivity index (χ4v) is 5.10. The fraction of sp³-hybridized carbons (Fsp3) is 0.452. The van der Waals surface area contributed by atoms with Crippen LogP contribution in [0.2, 0.25) is 0 Å². The van der Waals surface area contributed by atoms with Gasteiger partial charge in [0, 0.05) is 63.9 Å². The van der Waals surface area contributed by atoms with Gasteiger partial charge in [0.15, 0.2) is 11.5 Å². The highest BCUT2D eigenvalue weighted by Crippen LogP contribution is 2.32. The Morgan fingerprint density at radius 3 is 2.51 bits per heavy atom. The molecule has 2 aliphatic heterocycles. The standard InChI is InChI=1S/C31H37FN8O3/c1-30(2,3)43-29(42)40-17-12-31(32,13-18-40)11-9-26-34-14-10-27(35-26)39-16-6-15-38(19-20-39)24-21-23(36-37-28(24)33)22-7-4-5-8-25(22)41/h4-5,7-8,10,14,21,41H,6,12-13,15-20H2,1-3H3,(H2,33,37). The van der Waals surface area contributed by atoms with Crippen LogP contribution in [-0.4, -0.2) is 86.8 Å². The van der Waals surface area contributed by atoms with Crippen LogP contribution in [0.3, 0.4) is 0 Å². The van der Waals surface area contributed by atoms with Gasteiger partial charge in [0.05, 0.1) is 11.4 Å². The van der Waals surface area contributed by atoms with E-state index in [4.69, 9.17) is 10.5 Å². The number of amides is 1. The van der Waals surface area contributed by atoms with Gasteiger partial charge in [-0.3, -0.25) is 0 Å². The van der Waals surface area contributed by atoms with Crippen molar-refractivity contribution in [3.05, 3.63) is 48.4 Å². The van der Waals surface area contributed by atoms with Crippen LogP contribution >= 0.6 is 0 Å². The first kappa shape index (κ1) is 29.8. The molecule has 1 amide bonds. The Hall–Kier alpha value is -4.66. The lowest BCUT2D eigenvalue weighted by Gasteiger charge is -2.34. The minimum absolute atomic E-state index is 0.0967. The molecule has 0 aliphatic carbocycles. The van der Waals surface area contributed by atoms with E-state index >= 15 is 4.39 Å². The summed E-state index contributed by atoms with van der Waals surface area (Å²) < 4.78 is 20.9. The van der Waals surface area contributed by atoms with Crippen molar-refractivity contribution in [2.24, 2.45) is 0 Å². The summed E-state index contributed by atoms with van der Waals surface area (Å²) in [5, 5.41) is 18.6. The van der Waals surface area contributed by atoms with Gasteiger partial charge in [0.2, 0.25) is 5.82 Å². The van der Waals surface area contributed by atoms with Gasteiger partial charge in [-0.25, -0.2) is 19.2 Å². The zero-order valence-electron chi connectivity index (χ0n) is 24.8. The Labute approximate surface area is 250 Å². The maximum absolute atomic E-state index is 15.5. The third-order valence-corrected chi connectivity index (χ3v) is 7.39. The Kier molecular flexibility index (Phi) is 8.52. The van der Waals surface area contributed by atoms with Crippen molar-refractivity contribution < 1.29 is 19.0 Å². The first-order valence-electron chi connectivity index (χ1n) is 14.4. The van der Waals surface area contributed by atoms with Crippen molar-refractivity contribution in [3.8, 4) is 28.8 Å². The maximum Gasteiger partial charge on any atom is 0.410 e. The van der Waals surface area contributed by atoms with Gasteiger partial charge in [-0.1, -0.05) is 18.1 Å². The summed E-state index contributed by atoms with van der Waals surface area (Å²) in [7, 11) is 0. The van der Waals surface area contributed by atoms with E-state index in [1.807, 2.05) is 18.2 Å². The van der Waals surface area contributed by atoms with Crippen LogP contribution in [0.1, 0.15) is 45.9 Å². The number of nitrogen functional groups attached to an aromatic ring is 1. The van der Waals surface area contributed by atoms with E-state index in [9.17, 15) is 9.90 Å².